The third-order valence-electron chi connectivity index (χ3n) is 2.46. The van der Waals surface area contributed by atoms with Gasteiger partial charge in [0.05, 0.1) is 6.26 Å². The Balaban J connectivity index is 1.98. The first-order valence-corrected chi connectivity index (χ1v) is 6.20. The van der Waals surface area contributed by atoms with E-state index in [4.69, 9.17) is 20.8 Å². The van der Waals surface area contributed by atoms with E-state index in [1.54, 1.807) is 31.2 Å². The van der Waals surface area contributed by atoms with E-state index >= 15 is 0 Å². The summed E-state index contributed by atoms with van der Waals surface area (Å²) in [5, 5.41) is 3.13. The molecule has 1 amide bonds. The first-order chi connectivity index (χ1) is 9.56. The van der Waals surface area contributed by atoms with E-state index in [1.165, 1.54) is 12.3 Å². The van der Waals surface area contributed by atoms with Gasteiger partial charge in [-0.15, -0.1) is 0 Å². The molecule has 0 fully saturated rings. The SMILES string of the molecule is Cc1occc(=O)c1OCC(=O)Nc1cccc(Cl)c1. The lowest BCUT2D eigenvalue weighted by atomic mass is 10.3. The maximum atomic E-state index is 11.7. The molecule has 1 aromatic heterocycles. The van der Waals surface area contributed by atoms with Crippen molar-refractivity contribution in [3.8, 4) is 5.75 Å². The highest BCUT2D eigenvalue weighted by atomic mass is 35.5. The van der Waals surface area contributed by atoms with Crippen LogP contribution in [0.2, 0.25) is 5.02 Å². The molecule has 0 aliphatic carbocycles. The average molecular weight is 294 g/mol. The number of anilines is 1. The summed E-state index contributed by atoms with van der Waals surface area (Å²) in [6, 6.07) is 7.96. The summed E-state index contributed by atoms with van der Waals surface area (Å²) in [5.74, 6) is -0.0308. The van der Waals surface area contributed by atoms with Crippen LogP contribution in [0.3, 0.4) is 0 Å². The number of amides is 1. The minimum absolute atomic E-state index is 0.0359. The fourth-order valence-corrected chi connectivity index (χ4v) is 1.76. The number of carbonyl (C=O) groups is 1. The Morgan fingerprint density at radius 2 is 2.20 bits per heavy atom. The average Bonchev–Trinajstić information content (AvgIpc) is 2.38. The molecule has 0 aliphatic heterocycles. The molecule has 1 aromatic carbocycles. The highest BCUT2D eigenvalue weighted by molar-refractivity contribution is 6.30. The van der Waals surface area contributed by atoms with Crippen molar-refractivity contribution in [2.45, 2.75) is 6.92 Å². The van der Waals surface area contributed by atoms with Gasteiger partial charge < -0.3 is 14.5 Å². The molecule has 0 aliphatic rings. The highest BCUT2D eigenvalue weighted by Crippen LogP contribution is 2.15. The van der Waals surface area contributed by atoms with E-state index in [1.807, 2.05) is 0 Å². The molecular weight excluding hydrogens is 282 g/mol. The van der Waals surface area contributed by atoms with Crippen molar-refractivity contribution in [1.29, 1.82) is 0 Å². The molecule has 1 heterocycles. The topological polar surface area (TPSA) is 68.5 Å². The molecule has 2 aromatic rings. The third-order valence-corrected chi connectivity index (χ3v) is 2.70. The van der Waals surface area contributed by atoms with Gasteiger partial charge in [0.15, 0.2) is 6.61 Å². The standard InChI is InChI=1S/C14H12ClNO4/c1-9-14(12(17)5-6-19-9)20-8-13(18)16-11-4-2-3-10(15)7-11/h2-7H,8H2,1H3,(H,16,18). The second-order valence-corrected chi connectivity index (χ2v) is 4.45. The molecule has 6 heteroatoms. The Labute approximate surface area is 120 Å². The summed E-state index contributed by atoms with van der Waals surface area (Å²) in [4.78, 5) is 23.2. The smallest absolute Gasteiger partial charge is 0.262 e. The molecule has 5 nitrogen and oxygen atoms in total. The minimum Gasteiger partial charge on any atom is -0.476 e. The summed E-state index contributed by atoms with van der Waals surface area (Å²) in [6.07, 6.45) is 1.27. The number of hydrogen-bond donors (Lipinski definition) is 1. The predicted molar refractivity (Wildman–Crippen MR) is 75.3 cm³/mol. The predicted octanol–water partition coefficient (Wildman–Crippen LogP) is 2.62. The van der Waals surface area contributed by atoms with Gasteiger partial charge >= 0.3 is 0 Å². The zero-order chi connectivity index (χ0) is 14.5. The van der Waals surface area contributed by atoms with E-state index in [9.17, 15) is 9.59 Å². The Kier molecular flexibility index (Phi) is 4.42. The van der Waals surface area contributed by atoms with Crippen molar-refractivity contribution in [2.75, 3.05) is 11.9 Å². The summed E-state index contributed by atoms with van der Waals surface area (Å²) in [5.41, 5.74) is 0.229. The minimum atomic E-state index is -0.394. The number of ether oxygens (including phenoxy) is 1. The summed E-state index contributed by atoms with van der Waals surface area (Å²) in [7, 11) is 0. The molecule has 2 rings (SSSR count). The molecule has 0 unspecified atom stereocenters. The van der Waals surface area contributed by atoms with Crippen LogP contribution in [0.4, 0.5) is 5.69 Å². The van der Waals surface area contributed by atoms with Gasteiger partial charge in [0, 0.05) is 16.8 Å². The first-order valence-electron chi connectivity index (χ1n) is 5.83. The molecule has 0 saturated heterocycles. The van der Waals surface area contributed by atoms with Crippen molar-refractivity contribution < 1.29 is 13.9 Å². The molecular formula is C14H12ClNO4. The van der Waals surface area contributed by atoms with Gasteiger partial charge in [0.2, 0.25) is 11.2 Å². The van der Waals surface area contributed by atoms with E-state index in [2.05, 4.69) is 5.32 Å². The molecule has 1 N–H and O–H groups in total. The van der Waals surface area contributed by atoms with E-state index in [-0.39, 0.29) is 17.8 Å². The molecule has 104 valence electrons. The van der Waals surface area contributed by atoms with Crippen molar-refractivity contribution >= 4 is 23.2 Å². The summed E-state index contributed by atoms with van der Waals surface area (Å²) in [6.45, 7) is 1.30. The quantitative estimate of drug-likeness (QED) is 0.941. The molecule has 0 atom stereocenters. The molecule has 0 bridgehead atoms. The second kappa shape index (κ2) is 6.25. The maximum absolute atomic E-state index is 11.7. The van der Waals surface area contributed by atoms with Crippen LogP contribution in [-0.4, -0.2) is 12.5 Å². The van der Waals surface area contributed by atoms with Gasteiger partial charge in [-0.2, -0.15) is 0 Å². The fourth-order valence-electron chi connectivity index (χ4n) is 1.57. The van der Waals surface area contributed by atoms with Gasteiger partial charge in [-0.1, -0.05) is 17.7 Å². The van der Waals surface area contributed by atoms with Gasteiger partial charge in [-0.3, -0.25) is 9.59 Å². The zero-order valence-corrected chi connectivity index (χ0v) is 11.4. The Morgan fingerprint density at radius 1 is 1.40 bits per heavy atom. The lowest BCUT2D eigenvalue weighted by molar-refractivity contribution is -0.118. The monoisotopic (exact) mass is 293 g/mol. The molecule has 0 radical (unpaired) electrons. The number of halogens is 1. The Hall–Kier alpha value is -2.27. The van der Waals surface area contributed by atoms with Crippen LogP contribution in [0.5, 0.6) is 5.75 Å². The Morgan fingerprint density at radius 3 is 2.90 bits per heavy atom. The largest absolute Gasteiger partial charge is 0.476 e. The van der Waals surface area contributed by atoms with Gasteiger partial charge in [0.25, 0.3) is 5.91 Å². The highest BCUT2D eigenvalue weighted by Gasteiger charge is 2.09. The van der Waals surface area contributed by atoms with Crippen LogP contribution in [0.1, 0.15) is 5.76 Å². The Bertz CT molecular complexity index is 681. The zero-order valence-electron chi connectivity index (χ0n) is 10.7. The van der Waals surface area contributed by atoms with Crippen LogP contribution < -0.4 is 15.5 Å². The number of rotatable bonds is 4. The van der Waals surface area contributed by atoms with Crippen molar-refractivity contribution in [1.82, 2.24) is 0 Å². The number of benzene rings is 1. The number of carbonyl (C=O) groups excluding carboxylic acids is 1. The van der Waals surface area contributed by atoms with Crippen LogP contribution in [0.15, 0.2) is 45.8 Å². The number of nitrogens with one attached hydrogen (secondary N) is 1. The molecule has 0 saturated carbocycles. The van der Waals surface area contributed by atoms with Crippen LogP contribution >= 0.6 is 11.6 Å². The lowest BCUT2D eigenvalue weighted by Crippen LogP contribution is -2.22. The molecule has 0 spiro atoms. The first kappa shape index (κ1) is 14.1. The second-order valence-electron chi connectivity index (χ2n) is 4.02. The van der Waals surface area contributed by atoms with Crippen LogP contribution in [0, 0.1) is 6.92 Å². The number of aryl methyl sites for hydroxylation is 1. The van der Waals surface area contributed by atoms with Gasteiger partial charge in [0.1, 0.15) is 5.76 Å². The lowest BCUT2D eigenvalue weighted by Gasteiger charge is -2.08. The van der Waals surface area contributed by atoms with E-state index in [0.29, 0.717) is 16.5 Å². The molecule has 20 heavy (non-hydrogen) atoms. The summed E-state index contributed by atoms with van der Waals surface area (Å²) >= 11 is 5.81. The summed E-state index contributed by atoms with van der Waals surface area (Å²) < 4.78 is 10.2. The van der Waals surface area contributed by atoms with Gasteiger partial charge in [-0.25, -0.2) is 0 Å². The van der Waals surface area contributed by atoms with Crippen molar-refractivity contribution in [3.05, 3.63) is 57.6 Å². The van der Waals surface area contributed by atoms with E-state index in [0.717, 1.165) is 0 Å². The third kappa shape index (κ3) is 3.61. The van der Waals surface area contributed by atoms with E-state index < -0.39 is 5.91 Å². The van der Waals surface area contributed by atoms with Crippen LogP contribution in [-0.2, 0) is 4.79 Å². The number of hydrogen-bond acceptors (Lipinski definition) is 4. The van der Waals surface area contributed by atoms with Crippen molar-refractivity contribution in [3.63, 3.8) is 0 Å². The van der Waals surface area contributed by atoms with Crippen LogP contribution in [0.25, 0.3) is 0 Å². The normalized spacial score (nSPS) is 10.1. The maximum Gasteiger partial charge on any atom is 0.262 e. The van der Waals surface area contributed by atoms with Gasteiger partial charge in [-0.05, 0) is 25.1 Å². The fraction of sp³-hybridized carbons (Fsp3) is 0.143. The van der Waals surface area contributed by atoms with Crippen molar-refractivity contribution in [2.24, 2.45) is 0 Å².